The highest BCUT2D eigenvalue weighted by molar-refractivity contribution is 5.91. The molecule has 0 radical (unpaired) electrons. The lowest BCUT2D eigenvalue weighted by atomic mass is 10.2. The number of ether oxygens (including phenoxy) is 1. The van der Waals surface area contributed by atoms with Gasteiger partial charge in [0, 0.05) is 26.1 Å². The van der Waals surface area contributed by atoms with Gasteiger partial charge in [0.1, 0.15) is 5.82 Å². The molecule has 108 valence electrons. The van der Waals surface area contributed by atoms with Gasteiger partial charge < -0.3 is 9.64 Å². The third-order valence-corrected chi connectivity index (χ3v) is 2.77. The molecule has 0 heterocycles. The summed E-state index contributed by atoms with van der Waals surface area (Å²) >= 11 is 0. The topological polar surface area (TPSA) is 46.6 Å². The van der Waals surface area contributed by atoms with Crippen LogP contribution in [0.2, 0.25) is 0 Å². The Labute approximate surface area is 117 Å². The average Bonchev–Trinajstić information content (AvgIpc) is 2.45. The molecule has 4 nitrogen and oxygen atoms in total. The summed E-state index contributed by atoms with van der Waals surface area (Å²) in [6, 6.07) is 5.86. The first kappa shape index (κ1) is 15.9. The molecule has 0 fully saturated rings. The quantitative estimate of drug-likeness (QED) is 0.592. The van der Waals surface area contributed by atoms with Crippen LogP contribution in [0, 0.1) is 5.82 Å². The number of rotatable bonds is 6. The molecular formula is C15H18FNO3. The van der Waals surface area contributed by atoms with Crippen LogP contribution in [0.5, 0.6) is 0 Å². The number of hydrogen-bond donors (Lipinski definition) is 0. The molecule has 1 aromatic carbocycles. The van der Waals surface area contributed by atoms with Gasteiger partial charge in [-0.05, 0) is 30.2 Å². The molecule has 0 saturated carbocycles. The van der Waals surface area contributed by atoms with Crippen molar-refractivity contribution >= 4 is 18.0 Å². The number of carbonyl (C=O) groups excluding carboxylic acids is 2. The molecule has 0 aliphatic rings. The van der Waals surface area contributed by atoms with Crippen LogP contribution in [0.25, 0.3) is 6.08 Å². The van der Waals surface area contributed by atoms with Gasteiger partial charge in [-0.3, -0.25) is 9.59 Å². The molecule has 1 aromatic rings. The fourth-order valence-electron chi connectivity index (χ4n) is 1.54. The lowest BCUT2D eigenvalue weighted by Crippen LogP contribution is -2.26. The SMILES string of the molecule is COC(=O)CCCN(C)C(=O)/C=C/c1ccc(F)cc1. The van der Waals surface area contributed by atoms with Crippen LogP contribution in [0.3, 0.4) is 0 Å². The Kier molecular flexibility index (Phi) is 6.43. The van der Waals surface area contributed by atoms with Crippen LogP contribution >= 0.6 is 0 Å². The van der Waals surface area contributed by atoms with E-state index in [1.807, 2.05) is 0 Å². The first-order valence-electron chi connectivity index (χ1n) is 6.28. The summed E-state index contributed by atoms with van der Waals surface area (Å²) in [5.74, 6) is -0.764. The summed E-state index contributed by atoms with van der Waals surface area (Å²) in [6.07, 6.45) is 3.89. The minimum atomic E-state index is -0.312. The largest absolute Gasteiger partial charge is 0.469 e. The summed E-state index contributed by atoms with van der Waals surface area (Å²) in [5, 5.41) is 0. The first-order valence-corrected chi connectivity index (χ1v) is 6.28. The molecule has 0 aliphatic carbocycles. The third kappa shape index (κ3) is 5.65. The predicted molar refractivity (Wildman–Crippen MR) is 74.3 cm³/mol. The van der Waals surface area contributed by atoms with E-state index < -0.39 is 0 Å². The van der Waals surface area contributed by atoms with E-state index in [1.165, 1.54) is 30.2 Å². The molecule has 0 spiro atoms. The Morgan fingerprint density at radius 3 is 2.55 bits per heavy atom. The number of likely N-dealkylation sites (N-methyl/N-ethyl adjacent to an activating group) is 1. The second-order valence-corrected chi connectivity index (χ2v) is 4.32. The average molecular weight is 279 g/mol. The fourth-order valence-corrected chi connectivity index (χ4v) is 1.54. The summed E-state index contributed by atoms with van der Waals surface area (Å²) < 4.78 is 17.2. The first-order chi connectivity index (χ1) is 9.52. The monoisotopic (exact) mass is 279 g/mol. The molecule has 0 N–H and O–H groups in total. The van der Waals surface area contributed by atoms with Crippen molar-refractivity contribution < 1.29 is 18.7 Å². The van der Waals surface area contributed by atoms with Crippen molar-refractivity contribution in [2.45, 2.75) is 12.8 Å². The van der Waals surface area contributed by atoms with Gasteiger partial charge in [0.15, 0.2) is 0 Å². The van der Waals surface area contributed by atoms with Crippen molar-refractivity contribution in [3.63, 3.8) is 0 Å². The third-order valence-electron chi connectivity index (χ3n) is 2.77. The minimum absolute atomic E-state index is 0.167. The molecule has 5 heteroatoms. The maximum absolute atomic E-state index is 12.7. The molecule has 0 unspecified atom stereocenters. The minimum Gasteiger partial charge on any atom is -0.469 e. The lowest BCUT2D eigenvalue weighted by Gasteiger charge is -2.14. The van der Waals surface area contributed by atoms with Gasteiger partial charge in [-0.25, -0.2) is 4.39 Å². The number of carbonyl (C=O) groups is 2. The van der Waals surface area contributed by atoms with E-state index in [-0.39, 0.29) is 24.1 Å². The summed E-state index contributed by atoms with van der Waals surface area (Å²) in [4.78, 5) is 24.2. The zero-order valence-corrected chi connectivity index (χ0v) is 11.6. The van der Waals surface area contributed by atoms with Crippen LogP contribution in [-0.4, -0.2) is 37.5 Å². The van der Waals surface area contributed by atoms with Gasteiger partial charge >= 0.3 is 5.97 Å². The Morgan fingerprint density at radius 2 is 1.95 bits per heavy atom. The maximum atomic E-state index is 12.7. The summed E-state index contributed by atoms with van der Waals surface area (Å²) in [5.41, 5.74) is 0.753. The molecule has 1 amide bonds. The zero-order valence-electron chi connectivity index (χ0n) is 11.6. The molecule has 0 saturated heterocycles. The van der Waals surface area contributed by atoms with Crippen molar-refractivity contribution in [2.24, 2.45) is 0 Å². The van der Waals surface area contributed by atoms with Crippen LogP contribution in [0.1, 0.15) is 18.4 Å². The normalized spacial score (nSPS) is 10.6. The number of methoxy groups -OCH3 is 1. The van der Waals surface area contributed by atoms with Crippen LogP contribution in [-0.2, 0) is 14.3 Å². The van der Waals surface area contributed by atoms with Gasteiger partial charge in [0.2, 0.25) is 5.91 Å². The molecule has 0 bridgehead atoms. The predicted octanol–water partition coefficient (Wildman–Crippen LogP) is 2.25. The van der Waals surface area contributed by atoms with Crippen molar-refractivity contribution in [3.05, 3.63) is 41.7 Å². The molecular weight excluding hydrogens is 261 g/mol. The number of amides is 1. The number of hydrogen-bond acceptors (Lipinski definition) is 3. The lowest BCUT2D eigenvalue weighted by molar-refractivity contribution is -0.141. The Hall–Kier alpha value is -2.17. The van der Waals surface area contributed by atoms with Gasteiger partial charge in [0.05, 0.1) is 7.11 Å². The summed E-state index contributed by atoms with van der Waals surface area (Å²) in [6.45, 7) is 0.474. The Bertz CT molecular complexity index is 482. The standard InChI is InChI=1S/C15H18FNO3/c1-17(11-3-4-15(19)20-2)14(18)10-7-12-5-8-13(16)9-6-12/h5-10H,3-4,11H2,1-2H3/b10-7+. The molecule has 0 aliphatic heterocycles. The van der Waals surface area contributed by atoms with E-state index in [9.17, 15) is 14.0 Å². The number of benzene rings is 1. The molecule has 20 heavy (non-hydrogen) atoms. The highest BCUT2D eigenvalue weighted by Crippen LogP contribution is 2.05. The smallest absolute Gasteiger partial charge is 0.305 e. The maximum Gasteiger partial charge on any atom is 0.305 e. The number of esters is 1. The number of nitrogens with zero attached hydrogens (tertiary/aromatic N) is 1. The molecule has 1 rings (SSSR count). The Morgan fingerprint density at radius 1 is 1.30 bits per heavy atom. The molecule has 0 aromatic heterocycles. The van der Waals surface area contributed by atoms with E-state index >= 15 is 0 Å². The van der Waals surface area contributed by atoms with Crippen LogP contribution < -0.4 is 0 Å². The zero-order chi connectivity index (χ0) is 15.0. The fraction of sp³-hybridized carbons (Fsp3) is 0.333. The second kappa shape index (κ2) is 8.09. The van der Waals surface area contributed by atoms with Crippen LogP contribution in [0.4, 0.5) is 4.39 Å². The van der Waals surface area contributed by atoms with Gasteiger partial charge in [0.25, 0.3) is 0 Å². The summed E-state index contributed by atoms with van der Waals surface area (Å²) in [7, 11) is 3.00. The van der Waals surface area contributed by atoms with Crippen LogP contribution in [0.15, 0.2) is 30.3 Å². The van der Waals surface area contributed by atoms with Crippen molar-refractivity contribution in [1.29, 1.82) is 0 Å². The van der Waals surface area contributed by atoms with Gasteiger partial charge in [-0.1, -0.05) is 12.1 Å². The van der Waals surface area contributed by atoms with Crippen molar-refractivity contribution in [2.75, 3.05) is 20.7 Å². The highest BCUT2D eigenvalue weighted by atomic mass is 19.1. The van der Waals surface area contributed by atoms with E-state index in [2.05, 4.69) is 4.74 Å². The van der Waals surface area contributed by atoms with Gasteiger partial charge in [-0.15, -0.1) is 0 Å². The van der Waals surface area contributed by atoms with Gasteiger partial charge in [-0.2, -0.15) is 0 Å². The van der Waals surface area contributed by atoms with E-state index in [1.54, 1.807) is 25.3 Å². The van der Waals surface area contributed by atoms with Crippen molar-refractivity contribution in [3.8, 4) is 0 Å². The van der Waals surface area contributed by atoms with E-state index in [0.29, 0.717) is 13.0 Å². The van der Waals surface area contributed by atoms with Crippen molar-refractivity contribution in [1.82, 2.24) is 4.90 Å². The van der Waals surface area contributed by atoms with E-state index in [0.717, 1.165) is 5.56 Å². The molecule has 0 atom stereocenters. The van der Waals surface area contributed by atoms with E-state index in [4.69, 9.17) is 0 Å². The number of halogens is 1. The second-order valence-electron chi connectivity index (χ2n) is 4.32. The Balaban J connectivity index is 2.41. The highest BCUT2D eigenvalue weighted by Gasteiger charge is 2.06.